The van der Waals surface area contributed by atoms with Crippen molar-refractivity contribution in [1.29, 1.82) is 0 Å². The highest BCUT2D eigenvalue weighted by molar-refractivity contribution is 5.96. The SMILES string of the molecule is CC(C)c1ccc(N2CCN(CC(=O)N3CCC[C@H](Oc4ccncn4)C3)C2=O)cc1. The number of amides is 3. The zero-order chi connectivity index (χ0) is 21.8. The summed E-state index contributed by atoms with van der Waals surface area (Å²) in [6.07, 6.45) is 4.72. The van der Waals surface area contributed by atoms with Crippen LogP contribution in [0.4, 0.5) is 10.5 Å². The van der Waals surface area contributed by atoms with Gasteiger partial charge in [-0.1, -0.05) is 26.0 Å². The molecule has 8 heteroatoms. The largest absolute Gasteiger partial charge is 0.472 e. The lowest BCUT2D eigenvalue weighted by molar-refractivity contribution is -0.134. The zero-order valence-corrected chi connectivity index (χ0v) is 18.1. The van der Waals surface area contributed by atoms with Gasteiger partial charge >= 0.3 is 6.03 Å². The Labute approximate surface area is 182 Å². The normalized spacial score (nSPS) is 19.3. The summed E-state index contributed by atoms with van der Waals surface area (Å²) in [7, 11) is 0. The van der Waals surface area contributed by atoms with Gasteiger partial charge < -0.3 is 14.5 Å². The number of anilines is 1. The number of piperidine rings is 1. The van der Waals surface area contributed by atoms with E-state index in [2.05, 4.69) is 35.9 Å². The molecule has 2 saturated heterocycles. The third-order valence-electron chi connectivity index (χ3n) is 5.87. The summed E-state index contributed by atoms with van der Waals surface area (Å²) in [6, 6.07) is 9.69. The van der Waals surface area contributed by atoms with Crippen LogP contribution in [0, 0.1) is 0 Å². The van der Waals surface area contributed by atoms with Crippen LogP contribution in [0.25, 0.3) is 0 Å². The maximum Gasteiger partial charge on any atom is 0.325 e. The second-order valence-electron chi connectivity index (χ2n) is 8.37. The summed E-state index contributed by atoms with van der Waals surface area (Å²) in [5.41, 5.74) is 2.12. The molecule has 1 atom stereocenters. The van der Waals surface area contributed by atoms with Crippen molar-refractivity contribution >= 4 is 17.6 Å². The summed E-state index contributed by atoms with van der Waals surface area (Å²) in [5.74, 6) is 0.925. The summed E-state index contributed by atoms with van der Waals surface area (Å²) in [6.45, 7) is 6.72. The van der Waals surface area contributed by atoms with Gasteiger partial charge in [-0.2, -0.15) is 0 Å². The Morgan fingerprint density at radius 2 is 1.97 bits per heavy atom. The van der Waals surface area contributed by atoms with Crippen LogP contribution in [0.2, 0.25) is 0 Å². The van der Waals surface area contributed by atoms with Gasteiger partial charge in [-0.05, 0) is 36.5 Å². The van der Waals surface area contributed by atoms with Crippen molar-refractivity contribution < 1.29 is 14.3 Å². The molecule has 1 aromatic carbocycles. The highest BCUT2D eigenvalue weighted by Crippen LogP contribution is 2.24. The molecule has 0 spiro atoms. The first-order chi connectivity index (χ1) is 15.0. The average molecular weight is 424 g/mol. The Bertz CT molecular complexity index is 903. The van der Waals surface area contributed by atoms with Crippen molar-refractivity contribution in [3.05, 3.63) is 48.4 Å². The van der Waals surface area contributed by atoms with Crippen molar-refractivity contribution in [1.82, 2.24) is 19.8 Å². The lowest BCUT2D eigenvalue weighted by Crippen LogP contribution is -2.48. The number of aromatic nitrogens is 2. The minimum absolute atomic E-state index is 0.0404. The number of rotatable bonds is 6. The molecule has 0 radical (unpaired) electrons. The zero-order valence-electron chi connectivity index (χ0n) is 18.1. The van der Waals surface area contributed by atoms with Gasteiger partial charge in [0.05, 0.1) is 6.54 Å². The molecule has 2 aliphatic heterocycles. The highest BCUT2D eigenvalue weighted by atomic mass is 16.5. The molecule has 0 aliphatic carbocycles. The number of carbonyl (C=O) groups excluding carboxylic acids is 2. The lowest BCUT2D eigenvalue weighted by Gasteiger charge is -2.33. The maximum absolute atomic E-state index is 12.9. The third-order valence-corrected chi connectivity index (χ3v) is 5.87. The van der Waals surface area contributed by atoms with E-state index in [0.717, 1.165) is 18.5 Å². The van der Waals surface area contributed by atoms with Gasteiger partial charge in [0.1, 0.15) is 19.0 Å². The first-order valence-corrected chi connectivity index (χ1v) is 10.9. The van der Waals surface area contributed by atoms with Crippen LogP contribution in [0.3, 0.4) is 0 Å². The van der Waals surface area contributed by atoms with Gasteiger partial charge in [0, 0.05) is 37.6 Å². The summed E-state index contributed by atoms with van der Waals surface area (Å²) >= 11 is 0. The predicted molar refractivity (Wildman–Crippen MR) is 117 cm³/mol. The number of hydrogen-bond acceptors (Lipinski definition) is 5. The van der Waals surface area contributed by atoms with Crippen LogP contribution >= 0.6 is 0 Å². The van der Waals surface area contributed by atoms with Crippen molar-refractivity contribution in [2.45, 2.75) is 38.7 Å². The Morgan fingerprint density at radius 1 is 1.16 bits per heavy atom. The van der Waals surface area contributed by atoms with Gasteiger partial charge in [0.2, 0.25) is 11.8 Å². The molecule has 164 valence electrons. The molecule has 0 unspecified atom stereocenters. The maximum atomic E-state index is 12.9. The van der Waals surface area contributed by atoms with Crippen LogP contribution in [0.5, 0.6) is 5.88 Å². The molecule has 0 bridgehead atoms. The van der Waals surface area contributed by atoms with E-state index in [0.29, 0.717) is 38.0 Å². The first-order valence-electron chi connectivity index (χ1n) is 10.9. The molecule has 2 aliphatic rings. The van der Waals surface area contributed by atoms with E-state index >= 15 is 0 Å². The molecule has 8 nitrogen and oxygen atoms in total. The predicted octanol–water partition coefficient (Wildman–Crippen LogP) is 2.91. The first kappa shape index (κ1) is 21.1. The van der Waals surface area contributed by atoms with Gasteiger partial charge in [-0.3, -0.25) is 9.69 Å². The summed E-state index contributed by atoms with van der Waals surface area (Å²) in [4.78, 5) is 38.9. The third kappa shape index (κ3) is 4.95. The van der Waals surface area contributed by atoms with Crippen LogP contribution in [-0.4, -0.2) is 70.5 Å². The molecular formula is C23H29N5O3. The smallest absolute Gasteiger partial charge is 0.325 e. The topological polar surface area (TPSA) is 78.9 Å². The molecule has 0 saturated carbocycles. The van der Waals surface area contributed by atoms with Crippen LogP contribution in [-0.2, 0) is 4.79 Å². The van der Waals surface area contributed by atoms with E-state index in [1.165, 1.54) is 11.9 Å². The standard InChI is InChI=1S/C23H29N5O3/c1-17(2)18-5-7-19(8-6-18)28-13-12-27(23(28)30)15-22(29)26-11-3-4-20(14-26)31-21-9-10-24-16-25-21/h5-10,16-17,20H,3-4,11-15H2,1-2H3/t20-/m0/s1. The van der Waals surface area contributed by atoms with Gasteiger partial charge in [-0.15, -0.1) is 0 Å². The molecule has 3 amide bonds. The Kier molecular flexibility index (Phi) is 6.34. The molecule has 4 rings (SSSR count). The van der Waals surface area contributed by atoms with Crippen LogP contribution < -0.4 is 9.64 Å². The van der Waals surface area contributed by atoms with E-state index in [9.17, 15) is 9.59 Å². The fourth-order valence-electron chi connectivity index (χ4n) is 4.05. The monoisotopic (exact) mass is 423 g/mol. The number of urea groups is 1. The molecule has 3 heterocycles. The second kappa shape index (κ2) is 9.32. The number of carbonyl (C=O) groups is 2. The molecule has 2 fully saturated rings. The number of likely N-dealkylation sites (tertiary alicyclic amines) is 1. The van der Waals surface area contributed by atoms with Crippen molar-refractivity contribution in [2.24, 2.45) is 0 Å². The Hall–Kier alpha value is -3.16. The van der Waals surface area contributed by atoms with Gasteiger partial charge in [0.15, 0.2) is 0 Å². The number of hydrogen-bond donors (Lipinski definition) is 0. The van der Waals surface area contributed by atoms with Gasteiger partial charge in [0.25, 0.3) is 0 Å². The van der Waals surface area contributed by atoms with Gasteiger partial charge in [-0.25, -0.2) is 14.8 Å². The molecular weight excluding hydrogens is 394 g/mol. The van der Waals surface area contributed by atoms with Crippen LogP contribution in [0.15, 0.2) is 42.9 Å². The number of nitrogens with zero attached hydrogens (tertiary/aromatic N) is 5. The van der Waals surface area contributed by atoms with Crippen molar-refractivity contribution in [3.63, 3.8) is 0 Å². The second-order valence-corrected chi connectivity index (χ2v) is 8.37. The fraction of sp³-hybridized carbons (Fsp3) is 0.478. The minimum atomic E-state index is -0.114. The summed E-state index contributed by atoms with van der Waals surface area (Å²) in [5, 5.41) is 0. The lowest BCUT2D eigenvalue weighted by atomic mass is 10.0. The number of benzene rings is 1. The molecule has 31 heavy (non-hydrogen) atoms. The van der Waals surface area contributed by atoms with E-state index in [4.69, 9.17) is 4.74 Å². The van der Waals surface area contributed by atoms with Crippen LogP contribution in [0.1, 0.15) is 38.2 Å². The van der Waals surface area contributed by atoms with E-state index in [1.54, 1.807) is 27.0 Å². The van der Waals surface area contributed by atoms with Crippen molar-refractivity contribution in [3.8, 4) is 5.88 Å². The van der Waals surface area contributed by atoms with E-state index in [-0.39, 0.29) is 24.6 Å². The highest BCUT2D eigenvalue weighted by Gasteiger charge is 2.33. The quantitative estimate of drug-likeness (QED) is 0.714. The summed E-state index contributed by atoms with van der Waals surface area (Å²) < 4.78 is 5.89. The van der Waals surface area contributed by atoms with E-state index in [1.807, 2.05) is 12.1 Å². The van der Waals surface area contributed by atoms with Crippen molar-refractivity contribution in [2.75, 3.05) is 37.6 Å². The Balaban J connectivity index is 1.32. The van der Waals surface area contributed by atoms with E-state index < -0.39 is 0 Å². The molecule has 0 N–H and O–H groups in total. The minimum Gasteiger partial charge on any atom is -0.472 e. The molecule has 2 aromatic rings. The number of ether oxygens (including phenoxy) is 1. The molecule has 1 aromatic heterocycles. The Morgan fingerprint density at radius 3 is 2.68 bits per heavy atom. The fourth-order valence-corrected chi connectivity index (χ4v) is 4.05. The average Bonchev–Trinajstić information content (AvgIpc) is 3.14.